The van der Waals surface area contributed by atoms with Crippen LogP contribution in [-0.4, -0.2) is 11.8 Å². The largest absolute Gasteiger partial charge is 0.457 e. The summed E-state index contributed by atoms with van der Waals surface area (Å²) in [5.41, 5.74) is 3.31. The second-order valence-corrected chi connectivity index (χ2v) is 5.82. The highest BCUT2D eigenvalue weighted by Gasteiger charge is 2.34. The van der Waals surface area contributed by atoms with Gasteiger partial charge in [0.1, 0.15) is 28.7 Å². The summed E-state index contributed by atoms with van der Waals surface area (Å²) in [6, 6.07) is 14.2. The maximum Gasteiger partial charge on any atom is 0.282 e. The van der Waals surface area contributed by atoms with Crippen molar-refractivity contribution in [2.75, 3.05) is 5.01 Å². The number of carbonyl (C=O) groups is 2. The number of nitrogens with zero attached hydrogens (tertiary/aromatic N) is 1. The van der Waals surface area contributed by atoms with Crippen LogP contribution in [0.5, 0.6) is 0 Å². The van der Waals surface area contributed by atoms with Crippen LogP contribution in [0.3, 0.4) is 0 Å². The molecular weight excluding hydrogens is 354 g/mol. The van der Waals surface area contributed by atoms with Gasteiger partial charge in [-0.3, -0.25) is 15.0 Å². The molecule has 1 saturated heterocycles. The zero-order valence-corrected chi connectivity index (χ0v) is 13.8. The van der Waals surface area contributed by atoms with E-state index in [9.17, 15) is 18.4 Å². The Morgan fingerprint density at radius 3 is 2.15 bits per heavy atom. The second-order valence-electron chi connectivity index (χ2n) is 5.82. The van der Waals surface area contributed by atoms with Crippen LogP contribution < -0.4 is 10.4 Å². The van der Waals surface area contributed by atoms with Gasteiger partial charge in [0.05, 0.1) is 5.69 Å². The van der Waals surface area contributed by atoms with E-state index in [-0.39, 0.29) is 11.4 Å². The molecule has 0 radical (unpaired) electrons. The van der Waals surface area contributed by atoms with E-state index < -0.39 is 17.6 Å². The third-order valence-corrected chi connectivity index (χ3v) is 4.02. The molecule has 2 amide bonds. The first kappa shape index (κ1) is 16.7. The fourth-order valence-corrected chi connectivity index (χ4v) is 2.67. The van der Waals surface area contributed by atoms with Gasteiger partial charge in [0.15, 0.2) is 0 Å². The van der Waals surface area contributed by atoms with Crippen LogP contribution in [0.2, 0.25) is 0 Å². The summed E-state index contributed by atoms with van der Waals surface area (Å²) in [5.74, 6) is -1.20. The maximum absolute atomic E-state index is 13.0. The lowest BCUT2D eigenvalue weighted by Crippen LogP contribution is -2.35. The minimum Gasteiger partial charge on any atom is -0.457 e. The van der Waals surface area contributed by atoms with Crippen molar-refractivity contribution in [1.82, 2.24) is 5.43 Å². The molecule has 7 heteroatoms. The van der Waals surface area contributed by atoms with Gasteiger partial charge in [0.2, 0.25) is 0 Å². The fourth-order valence-electron chi connectivity index (χ4n) is 2.67. The molecule has 134 valence electrons. The molecule has 1 aliphatic heterocycles. The van der Waals surface area contributed by atoms with E-state index in [0.29, 0.717) is 22.8 Å². The van der Waals surface area contributed by atoms with Crippen LogP contribution in [0.1, 0.15) is 5.76 Å². The van der Waals surface area contributed by atoms with Gasteiger partial charge in [0, 0.05) is 5.56 Å². The number of benzene rings is 2. The molecule has 0 saturated carbocycles. The van der Waals surface area contributed by atoms with E-state index in [4.69, 9.17) is 4.42 Å². The molecular formula is C20H12F2N2O3. The molecule has 4 rings (SSSR count). The van der Waals surface area contributed by atoms with Crippen molar-refractivity contribution in [3.8, 4) is 11.3 Å². The van der Waals surface area contributed by atoms with Gasteiger partial charge < -0.3 is 4.42 Å². The van der Waals surface area contributed by atoms with E-state index in [1.54, 1.807) is 24.3 Å². The number of furan rings is 1. The summed E-state index contributed by atoms with van der Waals surface area (Å²) in [5, 5.41) is 1.04. The molecule has 2 heterocycles. The molecule has 0 spiro atoms. The number of hydrogen-bond acceptors (Lipinski definition) is 3. The van der Waals surface area contributed by atoms with Crippen molar-refractivity contribution in [3.05, 3.63) is 83.6 Å². The molecule has 1 fully saturated rings. The standard InChI is InChI=1S/C20H12F2N2O3/c21-13-3-1-12(2-4-13)18-10-9-16(27-18)11-17-19(25)23-24(20(17)26)15-7-5-14(22)6-8-15/h1-11H,(H,23,25)/b17-11-. The summed E-state index contributed by atoms with van der Waals surface area (Å²) in [7, 11) is 0. The second kappa shape index (κ2) is 6.53. The summed E-state index contributed by atoms with van der Waals surface area (Å²) in [4.78, 5) is 24.7. The number of hydrogen-bond donors (Lipinski definition) is 1. The minimum atomic E-state index is -0.593. The smallest absolute Gasteiger partial charge is 0.282 e. The molecule has 2 aromatic carbocycles. The Balaban J connectivity index is 1.60. The first-order chi connectivity index (χ1) is 13.0. The molecule has 1 aromatic heterocycles. The number of anilines is 1. The van der Waals surface area contributed by atoms with Gasteiger partial charge in [-0.25, -0.2) is 13.8 Å². The Bertz CT molecular complexity index is 1050. The van der Waals surface area contributed by atoms with Crippen molar-refractivity contribution in [2.45, 2.75) is 0 Å². The minimum absolute atomic E-state index is 0.112. The number of hydrazine groups is 1. The maximum atomic E-state index is 13.0. The van der Waals surface area contributed by atoms with E-state index in [2.05, 4.69) is 5.43 Å². The molecule has 5 nitrogen and oxygen atoms in total. The summed E-state index contributed by atoms with van der Waals surface area (Å²) < 4.78 is 31.7. The predicted octanol–water partition coefficient (Wildman–Crippen LogP) is 3.69. The van der Waals surface area contributed by atoms with Gasteiger partial charge in [-0.1, -0.05) is 0 Å². The Hall–Kier alpha value is -3.74. The average Bonchev–Trinajstić information content (AvgIpc) is 3.23. The van der Waals surface area contributed by atoms with Crippen molar-refractivity contribution < 1.29 is 22.8 Å². The van der Waals surface area contributed by atoms with Crippen molar-refractivity contribution in [2.24, 2.45) is 0 Å². The van der Waals surface area contributed by atoms with Gasteiger partial charge >= 0.3 is 0 Å². The fraction of sp³-hybridized carbons (Fsp3) is 0. The topological polar surface area (TPSA) is 62.6 Å². The van der Waals surface area contributed by atoms with Gasteiger partial charge in [-0.05, 0) is 66.7 Å². The van der Waals surface area contributed by atoms with Crippen molar-refractivity contribution in [1.29, 1.82) is 0 Å². The van der Waals surface area contributed by atoms with E-state index in [0.717, 1.165) is 5.01 Å². The average molecular weight is 366 g/mol. The summed E-state index contributed by atoms with van der Waals surface area (Å²) >= 11 is 0. The van der Waals surface area contributed by atoms with Gasteiger partial charge in [-0.15, -0.1) is 0 Å². The Morgan fingerprint density at radius 2 is 1.48 bits per heavy atom. The highest BCUT2D eigenvalue weighted by molar-refractivity contribution is 6.31. The van der Waals surface area contributed by atoms with Crippen LogP contribution >= 0.6 is 0 Å². The van der Waals surface area contributed by atoms with Crippen LogP contribution in [0, 0.1) is 11.6 Å². The number of amides is 2. The van der Waals surface area contributed by atoms with Gasteiger partial charge in [0.25, 0.3) is 11.8 Å². The molecule has 1 aliphatic rings. The molecule has 27 heavy (non-hydrogen) atoms. The van der Waals surface area contributed by atoms with Crippen molar-refractivity contribution in [3.63, 3.8) is 0 Å². The van der Waals surface area contributed by atoms with E-state index in [1.165, 1.54) is 42.5 Å². The van der Waals surface area contributed by atoms with Crippen LogP contribution in [0.15, 0.2) is 70.7 Å². The third kappa shape index (κ3) is 3.22. The van der Waals surface area contributed by atoms with E-state index >= 15 is 0 Å². The molecule has 3 aromatic rings. The van der Waals surface area contributed by atoms with Gasteiger partial charge in [-0.2, -0.15) is 0 Å². The molecule has 0 bridgehead atoms. The lowest BCUT2D eigenvalue weighted by atomic mass is 10.2. The zero-order chi connectivity index (χ0) is 19.0. The first-order valence-electron chi connectivity index (χ1n) is 8.00. The number of nitrogens with one attached hydrogen (secondary N) is 1. The Kier molecular flexibility index (Phi) is 4.04. The monoisotopic (exact) mass is 366 g/mol. The molecule has 0 aliphatic carbocycles. The first-order valence-corrected chi connectivity index (χ1v) is 8.00. The van der Waals surface area contributed by atoms with Crippen LogP contribution in [0.4, 0.5) is 14.5 Å². The van der Waals surface area contributed by atoms with Crippen LogP contribution in [0.25, 0.3) is 17.4 Å². The highest BCUT2D eigenvalue weighted by Crippen LogP contribution is 2.26. The predicted molar refractivity (Wildman–Crippen MR) is 94.1 cm³/mol. The Morgan fingerprint density at radius 1 is 0.852 bits per heavy atom. The third-order valence-electron chi connectivity index (χ3n) is 4.02. The number of carbonyl (C=O) groups excluding carboxylic acids is 2. The summed E-state index contributed by atoms with van der Waals surface area (Å²) in [6.07, 6.45) is 1.33. The molecule has 0 unspecified atom stereocenters. The molecule has 0 atom stereocenters. The summed E-state index contributed by atoms with van der Waals surface area (Å²) in [6.45, 7) is 0. The Labute approximate surface area is 152 Å². The lowest BCUT2D eigenvalue weighted by molar-refractivity contribution is -0.117. The quantitative estimate of drug-likeness (QED) is 0.568. The SMILES string of the molecule is O=C1NN(c2ccc(F)cc2)C(=O)/C1=C\c1ccc(-c2ccc(F)cc2)o1. The zero-order valence-electron chi connectivity index (χ0n) is 13.8. The number of halogens is 2. The molecule has 1 N–H and O–H groups in total. The lowest BCUT2D eigenvalue weighted by Gasteiger charge is -2.14. The van der Waals surface area contributed by atoms with Crippen molar-refractivity contribution >= 4 is 23.6 Å². The van der Waals surface area contributed by atoms with Crippen LogP contribution in [-0.2, 0) is 9.59 Å². The normalized spacial score (nSPS) is 15.5. The number of rotatable bonds is 3. The van der Waals surface area contributed by atoms with E-state index in [1.807, 2.05) is 0 Å². The highest BCUT2D eigenvalue weighted by atomic mass is 19.1.